The Morgan fingerprint density at radius 3 is 2.04 bits per heavy atom. The second-order valence-corrected chi connectivity index (χ2v) is 5.55. The summed E-state index contributed by atoms with van der Waals surface area (Å²) < 4.78 is 5.04. The predicted molar refractivity (Wildman–Crippen MR) is 87.5 cm³/mol. The van der Waals surface area contributed by atoms with E-state index in [1.165, 1.54) is 18.6 Å². The molecule has 8 nitrogen and oxygen atoms in total. The molecule has 1 rings (SSSR count). The van der Waals surface area contributed by atoms with Crippen molar-refractivity contribution in [2.45, 2.75) is 58.5 Å². The third kappa shape index (κ3) is 7.17. The van der Waals surface area contributed by atoms with Crippen LogP contribution in [0.5, 0.6) is 0 Å². The summed E-state index contributed by atoms with van der Waals surface area (Å²) in [7, 11) is 0. The van der Waals surface area contributed by atoms with Crippen LogP contribution in [0.2, 0.25) is 0 Å². The highest BCUT2D eigenvalue weighted by atomic mass is 16.6. The Morgan fingerprint density at radius 2 is 1.50 bits per heavy atom. The highest BCUT2D eigenvalue weighted by Gasteiger charge is 2.17. The lowest BCUT2D eigenvalue weighted by molar-refractivity contribution is -0.394. The molecule has 24 heavy (non-hydrogen) atoms. The van der Waals surface area contributed by atoms with Gasteiger partial charge in [0.25, 0.3) is 11.4 Å². The van der Waals surface area contributed by atoms with Crippen LogP contribution in [-0.4, -0.2) is 15.8 Å². The zero-order chi connectivity index (χ0) is 17.9. The molecule has 1 aromatic carbocycles. The van der Waals surface area contributed by atoms with Gasteiger partial charge in [0.15, 0.2) is 0 Å². The number of carbonyl (C=O) groups is 1. The molecule has 0 aliphatic rings. The number of hydrogen-bond donors (Lipinski definition) is 0. The van der Waals surface area contributed by atoms with Gasteiger partial charge in [0.2, 0.25) is 0 Å². The summed E-state index contributed by atoms with van der Waals surface area (Å²) in [4.78, 5) is 31.8. The van der Waals surface area contributed by atoms with Crippen molar-refractivity contribution in [3.8, 4) is 0 Å². The lowest BCUT2D eigenvalue weighted by atomic mass is 10.1. The summed E-state index contributed by atoms with van der Waals surface area (Å²) in [5.41, 5.74) is -0.565. The quantitative estimate of drug-likeness (QED) is 0.257. The molecule has 0 saturated heterocycles. The van der Waals surface area contributed by atoms with Crippen molar-refractivity contribution in [1.29, 1.82) is 0 Å². The van der Waals surface area contributed by atoms with Crippen LogP contribution in [0.4, 0.5) is 11.4 Å². The van der Waals surface area contributed by atoms with Crippen LogP contribution in [0.25, 0.3) is 0 Å². The van der Waals surface area contributed by atoms with Crippen molar-refractivity contribution in [2.24, 2.45) is 0 Å². The Morgan fingerprint density at radius 1 is 0.958 bits per heavy atom. The van der Waals surface area contributed by atoms with Crippen molar-refractivity contribution in [3.05, 3.63) is 44.0 Å². The second-order valence-electron chi connectivity index (χ2n) is 5.55. The van der Waals surface area contributed by atoms with Crippen molar-refractivity contribution in [2.75, 3.05) is 0 Å². The van der Waals surface area contributed by atoms with Gasteiger partial charge in [-0.3, -0.25) is 25.0 Å². The van der Waals surface area contributed by atoms with Crippen LogP contribution in [0.15, 0.2) is 18.2 Å². The molecule has 0 bridgehead atoms. The fourth-order valence-corrected chi connectivity index (χ4v) is 2.24. The van der Waals surface area contributed by atoms with Crippen molar-refractivity contribution in [1.82, 2.24) is 0 Å². The number of ether oxygens (including phenoxy) is 1. The minimum absolute atomic E-state index is 0.211. The third-order valence-corrected chi connectivity index (χ3v) is 3.52. The minimum Gasteiger partial charge on any atom is -0.461 e. The van der Waals surface area contributed by atoms with E-state index in [-0.39, 0.29) is 18.6 Å². The molecule has 0 aliphatic heterocycles. The maximum atomic E-state index is 11.7. The highest BCUT2D eigenvalue weighted by molar-refractivity contribution is 5.69. The van der Waals surface area contributed by atoms with Gasteiger partial charge in [0, 0.05) is 24.1 Å². The number of unbranched alkanes of at least 4 members (excludes halogenated alkanes) is 5. The topological polar surface area (TPSA) is 113 Å². The molecule has 0 spiro atoms. The van der Waals surface area contributed by atoms with E-state index in [0.29, 0.717) is 0 Å². The van der Waals surface area contributed by atoms with Crippen LogP contribution in [0.1, 0.15) is 57.4 Å². The van der Waals surface area contributed by atoms with Gasteiger partial charge >= 0.3 is 5.97 Å². The first-order valence-corrected chi connectivity index (χ1v) is 8.02. The van der Waals surface area contributed by atoms with Crippen LogP contribution < -0.4 is 0 Å². The molecule has 132 valence electrons. The molecule has 0 saturated carbocycles. The molecule has 0 atom stereocenters. The molecular weight excluding hydrogens is 316 g/mol. The van der Waals surface area contributed by atoms with Gasteiger partial charge in [0.05, 0.1) is 15.9 Å². The van der Waals surface area contributed by atoms with Crippen LogP contribution in [-0.2, 0) is 16.1 Å². The number of carbonyl (C=O) groups excluding carboxylic acids is 1. The normalized spacial score (nSPS) is 10.4. The molecule has 0 radical (unpaired) electrons. The van der Waals surface area contributed by atoms with E-state index in [1.54, 1.807) is 0 Å². The third-order valence-electron chi connectivity index (χ3n) is 3.52. The average molecular weight is 338 g/mol. The molecule has 0 aliphatic carbocycles. The Kier molecular flexibility index (Phi) is 8.38. The number of hydrogen-bond acceptors (Lipinski definition) is 6. The van der Waals surface area contributed by atoms with Gasteiger partial charge in [-0.05, 0) is 6.42 Å². The zero-order valence-corrected chi connectivity index (χ0v) is 13.7. The minimum atomic E-state index is -0.714. The second kappa shape index (κ2) is 10.3. The number of nitro groups is 2. The van der Waals surface area contributed by atoms with Gasteiger partial charge in [-0.25, -0.2) is 0 Å². The highest BCUT2D eigenvalue weighted by Crippen LogP contribution is 2.23. The first-order chi connectivity index (χ1) is 11.4. The van der Waals surface area contributed by atoms with Crippen LogP contribution >= 0.6 is 0 Å². The molecule has 0 N–H and O–H groups in total. The summed E-state index contributed by atoms with van der Waals surface area (Å²) >= 11 is 0. The summed E-state index contributed by atoms with van der Waals surface area (Å²) in [6.45, 7) is 1.92. The van der Waals surface area contributed by atoms with Gasteiger partial charge in [-0.1, -0.05) is 39.0 Å². The molecule has 0 aromatic heterocycles. The number of benzene rings is 1. The number of rotatable bonds is 11. The van der Waals surface area contributed by atoms with Crippen LogP contribution in [0, 0.1) is 20.2 Å². The average Bonchev–Trinajstić information content (AvgIpc) is 2.55. The first kappa shape index (κ1) is 19.5. The molecule has 0 amide bonds. The standard InChI is InChI=1S/C16H22N2O6/c1-2-3-4-5-6-7-8-16(19)24-12-13-9-14(17(20)21)11-15(10-13)18(22)23/h9-11H,2-8,12H2,1H3. The van der Waals surface area contributed by atoms with Crippen molar-refractivity contribution < 1.29 is 19.4 Å². The van der Waals surface area contributed by atoms with Gasteiger partial charge in [-0.2, -0.15) is 0 Å². The zero-order valence-electron chi connectivity index (χ0n) is 13.7. The van der Waals surface area contributed by atoms with E-state index in [4.69, 9.17) is 4.74 Å². The predicted octanol–water partition coefficient (Wildman–Crippen LogP) is 4.30. The Labute approximate surface area is 140 Å². The van der Waals surface area contributed by atoms with E-state index in [9.17, 15) is 25.0 Å². The van der Waals surface area contributed by atoms with Crippen molar-refractivity contribution in [3.63, 3.8) is 0 Å². The van der Waals surface area contributed by atoms with E-state index in [2.05, 4.69) is 6.92 Å². The number of esters is 1. The Bertz CT molecular complexity index is 556. The molecule has 0 unspecified atom stereocenters. The fraction of sp³-hybridized carbons (Fsp3) is 0.562. The number of non-ortho nitro benzene ring substituents is 2. The van der Waals surface area contributed by atoms with Gasteiger partial charge < -0.3 is 4.74 Å². The maximum Gasteiger partial charge on any atom is 0.306 e. The maximum absolute atomic E-state index is 11.7. The lowest BCUT2D eigenvalue weighted by Crippen LogP contribution is -2.05. The molecule has 1 aromatic rings. The number of nitro benzene ring substituents is 2. The summed E-state index contributed by atoms with van der Waals surface area (Å²) in [5.74, 6) is -0.403. The molecule has 8 heteroatoms. The Balaban J connectivity index is 2.47. The summed E-state index contributed by atoms with van der Waals surface area (Å²) in [6.07, 6.45) is 6.56. The van der Waals surface area contributed by atoms with E-state index >= 15 is 0 Å². The smallest absolute Gasteiger partial charge is 0.306 e. The Hall–Kier alpha value is -2.51. The van der Waals surface area contributed by atoms with E-state index < -0.39 is 27.2 Å². The monoisotopic (exact) mass is 338 g/mol. The fourth-order valence-electron chi connectivity index (χ4n) is 2.24. The number of nitrogens with zero attached hydrogens (tertiary/aromatic N) is 2. The summed E-state index contributed by atoms with van der Waals surface area (Å²) in [6, 6.07) is 3.22. The van der Waals surface area contributed by atoms with Crippen molar-refractivity contribution >= 4 is 17.3 Å². The first-order valence-electron chi connectivity index (χ1n) is 8.02. The lowest BCUT2D eigenvalue weighted by Gasteiger charge is -2.05. The molecule has 0 heterocycles. The largest absolute Gasteiger partial charge is 0.461 e. The van der Waals surface area contributed by atoms with Gasteiger partial charge in [0.1, 0.15) is 6.61 Å². The van der Waals surface area contributed by atoms with Crippen LogP contribution in [0.3, 0.4) is 0 Å². The summed E-state index contributed by atoms with van der Waals surface area (Å²) in [5, 5.41) is 21.6. The van der Waals surface area contributed by atoms with E-state index in [0.717, 1.165) is 38.2 Å². The molecular formula is C16H22N2O6. The van der Waals surface area contributed by atoms with E-state index in [1.807, 2.05) is 0 Å². The molecule has 0 fully saturated rings. The van der Waals surface area contributed by atoms with Gasteiger partial charge in [-0.15, -0.1) is 0 Å². The SMILES string of the molecule is CCCCCCCCC(=O)OCc1cc([N+](=O)[O-])cc([N+](=O)[O-])c1.